The van der Waals surface area contributed by atoms with E-state index >= 15 is 0 Å². The molecule has 7 nitrogen and oxygen atoms in total. The predicted octanol–water partition coefficient (Wildman–Crippen LogP) is 2.73. The Labute approximate surface area is 184 Å². The van der Waals surface area contributed by atoms with Crippen molar-refractivity contribution < 1.29 is 9.59 Å². The number of carbonyl (C=O) groups excluding carboxylic acids is 2. The number of anilines is 2. The molecule has 4 rings (SSSR count). The SMILES string of the molecule is Cc1cc(N2CC(C(=O)N3CCN(c4ncccc4C#N)CC3)CC2=O)ccc1Br. The normalized spacial score (nSPS) is 19.2. The first-order chi connectivity index (χ1) is 14.5. The molecule has 0 N–H and O–H groups in total. The molecule has 0 radical (unpaired) electrons. The number of aryl methyl sites for hydroxylation is 1. The summed E-state index contributed by atoms with van der Waals surface area (Å²) in [6.07, 6.45) is 1.92. The summed E-state index contributed by atoms with van der Waals surface area (Å²) in [7, 11) is 0. The highest BCUT2D eigenvalue weighted by Crippen LogP contribution is 2.29. The molecule has 2 aromatic rings. The van der Waals surface area contributed by atoms with Crippen LogP contribution < -0.4 is 9.80 Å². The fourth-order valence-electron chi connectivity index (χ4n) is 4.05. The molecule has 1 atom stereocenters. The third kappa shape index (κ3) is 3.90. The van der Waals surface area contributed by atoms with E-state index in [1.54, 1.807) is 23.2 Å². The lowest BCUT2D eigenvalue weighted by atomic mass is 10.1. The number of carbonyl (C=O) groups is 2. The van der Waals surface area contributed by atoms with Gasteiger partial charge in [-0.2, -0.15) is 5.26 Å². The van der Waals surface area contributed by atoms with Crippen LogP contribution in [0.1, 0.15) is 17.5 Å². The zero-order valence-corrected chi connectivity index (χ0v) is 18.3. The number of benzene rings is 1. The molecular weight excluding hydrogens is 446 g/mol. The van der Waals surface area contributed by atoms with Crippen molar-refractivity contribution in [2.24, 2.45) is 5.92 Å². The first-order valence-corrected chi connectivity index (χ1v) is 10.7. The van der Waals surface area contributed by atoms with Gasteiger partial charge in [-0.05, 0) is 42.8 Å². The second kappa shape index (κ2) is 8.44. The van der Waals surface area contributed by atoms with Crippen LogP contribution in [0.2, 0.25) is 0 Å². The molecule has 2 fully saturated rings. The fourth-order valence-corrected chi connectivity index (χ4v) is 4.30. The molecule has 1 aromatic carbocycles. The third-order valence-corrected chi connectivity index (χ3v) is 6.62. The highest BCUT2D eigenvalue weighted by atomic mass is 79.9. The second-order valence-corrected chi connectivity index (χ2v) is 8.49. The number of amides is 2. The standard InChI is InChI=1S/C22H22BrN5O2/c1-15-11-18(4-5-19(15)23)28-14-17(12-20(28)29)22(30)27-9-7-26(8-10-27)21-16(13-24)3-2-6-25-21/h2-6,11,17H,7-10,12,14H2,1H3. The van der Waals surface area contributed by atoms with Crippen LogP contribution in [0, 0.1) is 24.2 Å². The van der Waals surface area contributed by atoms with Crippen molar-refractivity contribution in [3.05, 3.63) is 52.1 Å². The summed E-state index contributed by atoms with van der Waals surface area (Å²) in [5.74, 6) is 0.360. The van der Waals surface area contributed by atoms with Crippen molar-refractivity contribution >= 4 is 39.2 Å². The first-order valence-electron chi connectivity index (χ1n) is 9.93. The van der Waals surface area contributed by atoms with E-state index in [2.05, 4.69) is 27.0 Å². The van der Waals surface area contributed by atoms with Gasteiger partial charge in [-0.15, -0.1) is 0 Å². The van der Waals surface area contributed by atoms with Crippen LogP contribution in [0.15, 0.2) is 41.0 Å². The number of pyridine rings is 1. The second-order valence-electron chi connectivity index (χ2n) is 7.64. The van der Waals surface area contributed by atoms with Gasteiger partial charge in [-0.1, -0.05) is 15.9 Å². The smallest absolute Gasteiger partial charge is 0.228 e. The number of hydrogen-bond donors (Lipinski definition) is 0. The van der Waals surface area contributed by atoms with Crippen LogP contribution in [-0.2, 0) is 9.59 Å². The molecule has 1 aromatic heterocycles. The highest BCUT2D eigenvalue weighted by Gasteiger charge is 2.38. The van der Waals surface area contributed by atoms with E-state index in [9.17, 15) is 14.9 Å². The van der Waals surface area contributed by atoms with Gasteiger partial charge in [-0.3, -0.25) is 9.59 Å². The summed E-state index contributed by atoms with van der Waals surface area (Å²) in [5, 5.41) is 9.29. The van der Waals surface area contributed by atoms with E-state index in [1.807, 2.05) is 34.9 Å². The number of nitriles is 1. The lowest BCUT2D eigenvalue weighted by Gasteiger charge is -2.36. The lowest BCUT2D eigenvalue weighted by molar-refractivity contribution is -0.136. The van der Waals surface area contributed by atoms with Gasteiger partial charge in [0.05, 0.1) is 11.5 Å². The molecule has 2 saturated heterocycles. The zero-order chi connectivity index (χ0) is 21.3. The van der Waals surface area contributed by atoms with Crippen molar-refractivity contribution in [3.63, 3.8) is 0 Å². The highest BCUT2D eigenvalue weighted by molar-refractivity contribution is 9.10. The average Bonchev–Trinajstić information content (AvgIpc) is 3.17. The van der Waals surface area contributed by atoms with Crippen molar-refractivity contribution in [1.29, 1.82) is 5.26 Å². The quantitative estimate of drug-likeness (QED) is 0.692. The first kappa shape index (κ1) is 20.4. The summed E-state index contributed by atoms with van der Waals surface area (Å²) in [6, 6.07) is 11.5. The molecule has 2 aliphatic heterocycles. The maximum atomic E-state index is 13.1. The Kier molecular flexibility index (Phi) is 5.73. The fraction of sp³-hybridized carbons (Fsp3) is 0.364. The Morgan fingerprint density at radius 2 is 2.00 bits per heavy atom. The summed E-state index contributed by atoms with van der Waals surface area (Å²) in [6.45, 7) is 4.75. The Hall–Kier alpha value is -2.92. The largest absolute Gasteiger partial charge is 0.352 e. The molecule has 2 amide bonds. The van der Waals surface area contributed by atoms with Gasteiger partial charge in [0.2, 0.25) is 11.8 Å². The lowest BCUT2D eigenvalue weighted by Crippen LogP contribution is -2.51. The molecular formula is C22H22BrN5O2. The van der Waals surface area contributed by atoms with Crippen LogP contribution in [0.3, 0.4) is 0 Å². The topological polar surface area (TPSA) is 80.5 Å². The van der Waals surface area contributed by atoms with Crippen LogP contribution in [0.5, 0.6) is 0 Å². The average molecular weight is 468 g/mol. The number of aromatic nitrogens is 1. The van der Waals surface area contributed by atoms with Crippen molar-refractivity contribution in [2.45, 2.75) is 13.3 Å². The molecule has 1 unspecified atom stereocenters. The Bertz CT molecular complexity index is 1030. The van der Waals surface area contributed by atoms with Gasteiger partial charge in [0, 0.05) is 55.5 Å². The van der Waals surface area contributed by atoms with E-state index < -0.39 is 0 Å². The Morgan fingerprint density at radius 1 is 1.23 bits per heavy atom. The monoisotopic (exact) mass is 467 g/mol. The molecule has 0 bridgehead atoms. The molecule has 2 aliphatic rings. The predicted molar refractivity (Wildman–Crippen MR) is 117 cm³/mol. The van der Waals surface area contributed by atoms with Crippen molar-refractivity contribution in [1.82, 2.24) is 9.88 Å². The minimum atomic E-state index is -0.322. The van der Waals surface area contributed by atoms with Gasteiger partial charge in [0.1, 0.15) is 11.9 Å². The van der Waals surface area contributed by atoms with E-state index in [-0.39, 0.29) is 24.2 Å². The summed E-state index contributed by atoms with van der Waals surface area (Å²) >= 11 is 3.48. The number of nitrogens with zero attached hydrogens (tertiary/aromatic N) is 5. The van der Waals surface area contributed by atoms with Crippen LogP contribution in [0.25, 0.3) is 0 Å². The van der Waals surface area contributed by atoms with Gasteiger partial charge in [-0.25, -0.2) is 4.98 Å². The number of hydrogen-bond acceptors (Lipinski definition) is 5. The van der Waals surface area contributed by atoms with Gasteiger partial charge >= 0.3 is 0 Å². The molecule has 0 spiro atoms. The number of piperazine rings is 1. The maximum Gasteiger partial charge on any atom is 0.228 e. The van der Waals surface area contributed by atoms with E-state index in [4.69, 9.17) is 0 Å². The molecule has 8 heteroatoms. The molecule has 0 aliphatic carbocycles. The maximum absolute atomic E-state index is 13.1. The molecule has 0 saturated carbocycles. The molecule has 154 valence electrons. The van der Waals surface area contributed by atoms with E-state index in [0.717, 1.165) is 15.7 Å². The summed E-state index contributed by atoms with van der Waals surface area (Å²) in [4.78, 5) is 35.6. The number of rotatable bonds is 3. The van der Waals surface area contributed by atoms with Crippen molar-refractivity contribution in [3.8, 4) is 6.07 Å². The van der Waals surface area contributed by atoms with Gasteiger partial charge in [0.25, 0.3) is 0 Å². The molecule has 3 heterocycles. The zero-order valence-electron chi connectivity index (χ0n) is 16.7. The minimum Gasteiger partial charge on any atom is -0.352 e. The van der Waals surface area contributed by atoms with E-state index in [0.29, 0.717) is 44.1 Å². The van der Waals surface area contributed by atoms with Crippen molar-refractivity contribution in [2.75, 3.05) is 42.5 Å². The van der Waals surface area contributed by atoms with Crippen LogP contribution in [-0.4, -0.2) is 54.4 Å². The summed E-state index contributed by atoms with van der Waals surface area (Å²) < 4.78 is 0.996. The minimum absolute atomic E-state index is 0.0131. The Balaban J connectivity index is 1.39. The number of halogens is 1. The molecule has 30 heavy (non-hydrogen) atoms. The van der Waals surface area contributed by atoms with Crippen LogP contribution >= 0.6 is 15.9 Å². The van der Waals surface area contributed by atoms with Gasteiger partial charge in [0.15, 0.2) is 0 Å². The Morgan fingerprint density at radius 3 is 2.70 bits per heavy atom. The third-order valence-electron chi connectivity index (χ3n) is 5.73. The summed E-state index contributed by atoms with van der Waals surface area (Å²) in [5.41, 5.74) is 2.43. The van der Waals surface area contributed by atoms with E-state index in [1.165, 1.54) is 0 Å². The van der Waals surface area contributed by atoms with Gasteiger partial charge < -0.3 is 14.7 Å². The van der Waals surface area contributed by atoms with Crippen LogP contribution in [0.4, 0.5) is 11.5 Å².